The summed E-state index contributed by atoms with van der Waals surface area (Å²) in [6.07, 6.45) is 3.15. The zero-order valence-electron chi connectivity index (χ0n) is 20.9. The Morgan fingerprint density at radius 1 is 1.00 bits per heavy atom. The number of nitrogens with one attached hydrogen (secondary N) is 2. The van der Waals surface area contributed by atoms with Crippen molar-refractivity contribution in [1.29, 1.82) is 0 Å². The summed E-state index contributed by atoms with van der Waals surface area (Å²) in [4.78, 5) is 30.0. The predicted octanol–water partition coefficient (Wildman–Crippen LogP) is 4.68. The number of piperazine rings is 1. The van der Waals surface area contributed by atoms with E-state index in [4.69, 9.17) is 4.74 Å². The smallest absolute Gasteiger partial charge is 0.253 e. The first-order chi connectivity index (χ1) is 16.5. The lowest BCUT2D eigenvalue weighted by molar-refractivity contribution is -0.116. The number of rotatable bonds is 10. The standard InChI is InChI=1S/C27H38N4O3/c1-5-7-12-26(32)29-21-13-14-23(22(19-21)27(33)28-20(3)6-2)30-15-17-31(18-16-30)24-10-8-9-11-25(24)34-4/h8-11,13-14,19-20H,5-7,12,15-18H2,1-4H3,(H,28,33)(H,29,32). The van der Waals surface area contributed by atoms with Crippen LogP contribution in [0.1, 0.15) is 56.8 Å². The molecule has 2 aromatic carbocycles. The van der Waals surface area contributed by atoms with Crippen LogP contribution in [0.3, 0.4) is 0 Å². The summed E-state index contributed by atoms with van der Waals surface area (Å²) in [6, 6.07) is 13.8. The summed E-state index contributed by atoms with van der Waals surface area (Å²) in [5.74, 6) is 0.738. The Morgan fingerprint density at radius 3 is 2.32 bits per heavy atom. The Hall–Kier alpha value is -3.22. The van der Waals surface area contributed by atoms with Gasteiger partial charge in [0.1, 0.15) is 5.75 Å². The number of para-hydroxylation sites is 2. The quantitative estimate of drug-likeness (QED) is 0.532. The molecule has 0 radical (unpaired) electrons. The van der Waals surface area contributed by atoms with E-state index < -0.39 is 0 Å². The van der Waals surface area contributed by atoms with Gasteiger partial charge in [-0.3, -0.25) is 9.59 Å². The minimum absolute atomic E-state index is 0.0201. The molecule has 3 rings (SSSR count). The van der Waals surface area contributed by atoms with E-state index in [2.05, 4.69) is 33.4 Å². The van der Waals surface area contributed by atoms with Crippen molar-refractivity contribution in [2.24, 2.45) is 0 Å². The number of amides is 2. The van der Waals surface area contributed by atoms with E-state index in [-0.39, 0.29) is 17.9 Å². The minimum Gasteiger partial charge on any atom is -0.495 e. The first-order valence-corrected chi connectivity index (χ1v) is 12.3. The largest absolute Gasteiger partial charge is 0.495 e. The van der Waals surface area contributed by atoms with Gasteiger partial charge in [0.2, 0.25) is 5.91 Å². The second-order valence-electron chi connectivity index (χ2n) is 8.81. The summed E-state index contributed by atoms with van der Waals surface area (Å²) >= 11 is 0. The van der Waals surface area contributed by atoms with Gasteiger partial charge >= 0.3 is 0 Å². The summed E-state index contributed by atoms with van der Waals surface area (Å²) in [5, 5.41) is 6.04. The van der Waals surface area contributed by atoms with E-state index in [0.717, 1.165) is 62.6 Å². The van der Waals surface area contributed by atoms with Crippen LogP contribution in [0.15, 0.2) is 42.5 Å². The minimum atomic E-state index is -0.110. The molecule has 1 saturated heterocycles. The summed E-state index contributed by atoms with van der Waals surface area (Å²) in [5.41, 5.74) is 3.24. The molecule has 2 N–H and O–H groups in total. The van der Waals surface area contributed by atoms with Gasteiger partial charge in [-0.2, -0.15) is 0 Å². The average molecular weight is 467 g/mol. The number of unbranched alkanes of at least 4 members (excludes halogenated alkanes) is 1. The maximum Gasteiger partial charge on any atom is 0.253 e. The molecule has 1 aliphatic rings. The van der Waals surface area contributed by atoms with Crippen LogP contribution >= 0.6 is 0 Å². The molecule has 34 heavy (non-hydrogen) atoms. The number of nitrogens with zero attached hydrogens (tertiary/aromatic N) is 2. The van der Waals surface area contributed by atoms with Gasteiger partial charge < -0.3 is 25.2 Å². The van der Waals surface area contributed by atoms with Gasteiger partial charge in [0.25, 0.3) is 5.91 Å². The number of methoxy groups -OCH3 is 1. The van der Waals surface area contributed by atoms with Crippen LogP contribution in [0.4, 0.5) is 17.1 Å². The zero-order valence-corrected chi connectivity index (χ0v) is 20.9. The summed E-state index contributed by atoms with van der Waals surface area (Å²) in [7, 11) is 1.69. The third-order valence-corrected chi connectivity index (χ3v) is 6.32. The van der Waals surface area contributed by atoms with Crippen molar-refractivity contribution in [3.8, 4) is 5.75 Å². The van der Waals surface area contributed by atoms with E-state index in [1.807, 2.05) is 50.2 Å². The van der Waals surface area contributed by atoms with Crippen LogP contribution < -0.4 is 25.2 Å². The Morgan fingerprint density at radius 2 is 1.68 bits per heavy atom. The predicted molar refractivity (Wildman–Crippen MR) is 139 cm³/mol. The summed E-state index contributed by atoms with van der Waals surface area (Å²) < 4.78 is 5.53. The molecule has 184 valence electrons. The van der Waals surface area contributed by atoms with E-state index in [9.17, 15) is 9.59 Å². The molecule has 1 fully saturated rings. The summed E-state index contributed by atoms with van der Waals surface area (Å²) in [6.45, 7) is 9.32. The number of hydrogen-bond donors (Lipinski definition) is 2. The number of carbonyl (C=O) groups excluding carboxylic acids is 2. The van der Waals surface area contributed by atoms with E-state index in [0.29, 0.717) is 17.7 Å². The van der Waals surface area contributed by atoms with Crippen LogP contribution in [0.25, 0.3) is 0 Å². The molecule has 1 atom stereocenters. The number of benzene rings is 2. The van der Waals surface area contributed by atoms with Gasteiger partial charge in [0.05, 0.1) is 18.4 Å². The normalized spacial score (nSPS) is 14.5. The van der Waals surface area contributed by atoms with Gasteiger partial charge in [0, 0.05) is 50.0 Å². The molecule has 0 saturated carbocycles. The van der Waals surface area contributed by atoms with Gasteiger partial charge in [0.15, 0.2) is 0 Å². The molecule has 2 amide bonds. The van der Waals surface area contributed by atoms with Crippen molar-refractivity contribution < 1.29 is 14.3 Å². The molecule has 1 heterocycles. The lowest BCUT2D eigenvalue weighted by Crippen LogP contribution is -2.47. The maximum absolute atomic E-state index is 13.2. The molecule has 0 aromatic heterocycles. The van der Waals surface area contributed by atoms with E-state index >= 15 is 0 Å². The van der Waals surface area contributed by atoms with E-state index in [1.54, 1.807) is 7.11 Å². The van der Waals surface area contributed by atoms with Crippen LogP contribution in [-0.4, -0.2) is 51.1 Å². The van der Waals surface area contributed by atoms with Gasteiger partial charge in [-0.25, -0.2) is 0 Å². The zero-order chi connectivity index (χ0) is 24.5. The maximum atomic E-state index is 13.2. The molecular weight excluding hydrogens is 428 g/mol. The average Bonchev–Trinajstić information content (AvgIpc) is 2.87. The lowest BCUT2D eigenvalue weighted by atomic mass is 10.1. The van der Waals surface area contributed by atoms with Gasteiger partial charge in [-0.15, -0.1) is 0 Å². The molecule has 1 unspecified atom stereocenters. The topological polar surface area (TPSA) is 73.9 Å². The molecule has 7 heteroatoms. The highest BCUT2D eigenvalue weighted by molar-refractivity contribution is 6.02. The molecule has 0 aliphatic carbocycles. The number of anilines is 3. The molecule has 7 nitrogen and oxygen atoms in total. The number of carbonyl (C=O) groups is 2. The second kappa shape index (κ2) is 12.3. The SMILES string of the molecule is CCCCC(=O)Nc1ccc(N2CCN(c3ccccc3OC)CC2)c(C(=O)NC(C)CC)c1. The lowest BCUT2D eigenvalue weighted by Gasteiger charge is -2.38. The first-order valence-electron chi connectivity index (χ1n) is 12.3. The molecule has 1 aliphatic heterocycles. The highest BCUT2D eigenvalue weighted by Crippen LogP contribution is 2.31. The molecule has 0 spiro atoms. The van der Waals surface area contributed by atoms with Crippen LogP contribution in [-0.2, 0) is 4.79 Å². The van der Waals surface area contributed by atoms with E-state index in [1.165, 1.54) is 0 Å². The fraction of sp³-hybridized carbons (Fsp3) is 0.481. The van der Waals surface area contributed by atoms with Crippen LogP contribution in [0.5, 0.6) is 5.75 Å². The van der Waals surface area contributed by atoms with Crippen molar-refractivity contribution in [2.75, 3.05) is 48.4 Å². The Balaban J connectivity index is 1.79. The first kappa shape index (κ1) is 25.4. The monoisotopic (exact) mass is 466 g/mol. The Bertz CT molecular complexity index is 970. The Labute approximate surface area is 203 Å². The van der Waals surface area contributed by atoms with Crippen molar-refractivity contribution in [1.82, 2.24) is 5.32 Å². The van der Waals surface area contributed by atoms with Crippen molar-refractivity contribution >= 4 is 28.9 Å². The Kier molecular flexibility index (Phi) is 9.19. The second-order valence-corrected chi connectivity index (χ2v) is 8.81. The van der Waals surface area contributed by atoms with Crippen molar-refractivity contribution in [3.05, 3.63) is 48.0 Å². The highest BCUT2D eigenvalue weighted by Gasteiger charge is 2.24. The number of ether oxygens (including phenoxy) is 1. The molecule has 2 aromatic rings. The fourth-order valence-corrected chi connectivity index (χ4v) is 4.12. The van der Waals surface area contributed by atoms with Crippen molar-refractivity contribution in [3.63, 3.8) is 0 Å². The molecular formula is C27H38N4O3. The molecule has 0 bridgehead atoms. The van der Waals surface area contributed by atoms with Crippen LogP contribution in [0, 0.1) is 0 Å². The third kappa shape index (κ3) is 6.43. The van der Waals surface area contributed by atoms with Gasteiger partial charge in [-0.1, -0.05) is 32.4 Å². The third-order valence-electron chi connectivity index (χ3n) is 6.32. The van der Waals surface area contributed by atoms with Gasteiger partial charge in [-0.05, 0) is 50.1 Å². The van der Waals surface area contributed by atoms with Crippen LogP contribution in [0.2, 0.25) is 0 Å². The number of hydrogen-bond acceptors (Lipinski definition) is 5. The highest BCUT2D eigenvalue weighted by atomic mass is 16.5. The van der Waals surface area contributed by atoms with Crippen molar-refractivity contribution in [2.45, 2.75) is 52.5 Å². The fourth-order valence-electron chi connectivity index (χ4n) is 4.12.